The third kappa shape index (κ3) is 4.27. The fraction of sp³-hybridized carbons (Fsp3) is 0.300. The van der Waals surface area contributed by atoms with Crippen LogP contribution in [0.4, 0.5) is 4.79 Å². The quantitative estimate of drug-likeness (QED) is 0.765. The summed E-state index contributed by atoms with van der Waals surface area (Å²) in [6, 6.07) is 9.62. The van der Waals surface area contributed by atoms with Gasteiger partial charge in [-0.3, -0.25) is 0 Å². The first-order valence-corrected chi connectivity index (χ1v) is 6.82. The first-order valence-electron chi connectivity index (χ1n) is 4.39. The van der Waals surface area contributed by atoms with Gasteiger partial charge in [-0.2, -0.15) is 0 Å². The summed E-state index contributed by atoms with van der Waals surface area (Å²) in [5, 5.41) is 0. The molecule has 1 aromatic carbocycles. The number of carbonyl (C=O) groups is 1. The van der Waals surface area contributed by atoms with E-state index in [2.05, 4.69) is 32.0 Å². The summed E-state index contributed by atoms with van der Waals surface area (Å²) in [5.41, 5.74) is 2.05. The molecule has 0 saturated carbocycles. The third-order valence-electron chi connectivity index (χ3n) is 1.78. The SMILES string of the molecule is O=C(OCc1ccccc1)N(C[Se])C[Se]. The van der Waals surface area contributed by atoms with E-state index < -0.39 is 0 Å². The number of nitrogens with zero attached hydrogens (tertiary/aromatic N) is 1. The van der Waals surface area contributed by atoms with Crippen LogP contribution in [0.25, 0.3) is 0 Å². The van der Waals surface area contributed by atoms with Crippen molar-refractivity contribution in [2.45, 2.75) is 6.61 Å². The summed E-state index contributed by atoms with van der Waals surface area (Å²) in [7, 11) is 0. The monoisotopic (exact) mass is 337 g/mol. The second-order valence-corrected chi connectivity index (χ2v) is 3.92. The molecule has 1 rings (SSSR count). The van der Waals surface area contributed by atoms with Gasteiger partial charge in [-0.1, -0.05) is 0 Å². The summed E-state index contributed by atoms with van der Waals surface area (Å²) in [6.45, 7) is 0.316. The van der Waals surface area contributed by atoms with Gasteiger partial charge in [0.1, 0.15) is 0 Å². The van der Waals surface area contributed by atoms with E-state index in [4.69, 9.17) is 4.74 Å². The molecule has 0 atom stereocenters. The van der Waals surface area contributed by atoms with Crippen LogP contribution in [0.1, 0.15) is 5.56 Å². The van der Waals surface area contributed by atoms with Gasteiger partial charge in [0.2, 0.25) is 0 Å². The Bertz CT molecular complexity index is 302. The molecule has 80 valence electrons. The van der Waals surface area contributed by atoms with Crippen molar-refractivity contribution in [1.29, 1.82) is 0 Å². The van der Waals surface area contributed by atoms with Crippen molar-refractivity contribution in [3.8, 4) is 0 Å². The molecule has 0 N–H and O–H groups in total. The van der Waals surface area contributed by atoms with Crippen molar-refractivity contribution in [3.05, 3.63) is 35.9 Å². The predicted molar refractivity (Wildman–Crippen MR) is 59.7 cm³/mol. The van der Waals surface area contributed by atoms with Crippen LogP contribution in [-0.4, -0.2) is 53.9 Å². The Balaban J connectivity index is 2.40. The van der Waals surface area contributed by atoms with Crippen LogP contribution in [0.5, 0.6) is 0 Å². The molecule has 2 radical (unpaired) electrons. The van der Waals surface area contributed by atoms with Gasteiger partial charge in [-0.15, -0.1) is 0 Å². The zero-order chi connectivity index (χ0) is 11.1. The molecule has 1 aromatic rings. The first-order chi connectivity index (χ1) is 7.27. The molecule has 0 unspecified atom stereocenters. The molecule has 3 nitrogen and oxygen atoms in total. The van der Waals surface area contributed by atoms with E-state index in [1.807, 2.05) is 30.3 Å². The minimum atomic E-state index is -0.309. The molecule has 0 saturated heterocycles. The van der Waals surface area contributed by atoms with Gasteiger partial charge in [-0.05, 0) is 0 Å². The van der Waals surface area contributed by atoms with Crippen LogP contribution in [0.15, 0.2) is 30.3 Å². The van der Waals surface area contributed by atoms with Crippen molar-refractivity contribution in [2.75, 3.05) is 10.9 Å². The molecule has 0 aliphatic heterocycles. The van der Waals surface area contributed by atoms with E-state index in [0.29, 0.717) is 17.5 Å². The number of rotatable bonds is 4. The molecule has 0 bridgehead atoms. The fourth-order valence-electron chi connectivity index (χ4n) is 0.953. The number of hydrogen-bond acceptors (Lipinski definition) is 2. The molecule has 0 aliphatic rings. The standard InChI is InChI=1S/C10H11NO2Se2/c12-10(11(7-14)8-15)13-6-9-4-2-1-3-5-9/h1-5H,6-8H2. The average Bonchev–Trinajstić information content (AvgIpc) is 2.29. The molecule has 0 aliphatic carbocycles. The molecular weight excluding hydrogens is 324 g/mol. The summed E-state index contributed by atoms with van der Waals surface area (Å²) >= 11 is 5.56. The van der Waals surface area contributed by atoms with E-state index in [-0.39, 0.29) is 6.09 Å². The fourth-order valence-corrected chi connectivity index (χ4v) is 2.36. The van der Waals surface area contributed by atoms with Gasteiger partial charge in [0.05, 0.1) is 0 Å². The Kier molecular flexibility index (Phi) is 5.80. The van der Waals surface area contributed by atoms with Crippen LogP contribution in [0.2, 0.25) is 0 Å². The molecule has 0 fully saturated rings. The van der Waals surface area contributed by atoms with Gasteiger partial charge in [0.15, 0.2) is 0 Å². The third-order valence-corrected chi connectivity index (χ3v) is 3.08. The van der Waals surface area contributed by atoms with Crippen molar-refractivity contribution in [1.82, 2.24) is 4.90 Å². The number of carbonyl (C=O) groups excluding carboxylic acids is 1. The van der Waals surface area contributed by atoms with Crippen LogP contribution < -0.4 is 0 Å². The topological polar surface area (TPSA) is 29.5 Å². The molecule has 0 heterocycles. The Hall–Kier alpha value is -0.471. The Morgan fingerprint density at radius 2 is 1.80 bits per heavy atom. The van der Waals surface area contributed by atoms with Crippen LogP contribution in [-0.2, 0) is 11.3 Å². The normalized spacial score (nSPS) is 9.73. The van der Waals surface area contributed by atoms with E-state index in [1.165, 1.54) is 0 Å². The molecule has 15 heavy (non-hydrogen) atoms. The van der Waals surface area contributed by atoms with Crippen molar-refractivity contribution < 1.29 is 9.53 Å². The Labute approximate surface area is 106 Å². The Morgan fingerprint density at radius 3 is 2.33 bits per heavy atom. The van der Waals surface area contributed by atoms with E-state index in [0.717, 1.165) is 5.56 Å². The molecule has 0 aromatic heterocycles. The molecule has 1 amide bonds. The van der Waals surface area contributed by atoms with Crippen molar-refractivity contribution >= 4 is 38.1 Å². The number of hydrogen-bond donors (Lipinski definition) is 0. The number of amides is 1. The van der Waals surface area contributed by atoms with Gasteiger partial charge >= 0.3 is 106 Å². The average molecular weight is 335 g/mol. The number of ether oxygens (including phenoxy) is 1. The minimum absolute atomic E-state index is 0.309. The van der Waals surface area contributed by atoms with Gasteiger partial charge in [-0.25, -0.2) is 0 Å². The summed E-state index contributed by atoms with van der Waals surface area (Å²) in [4.78, 5) is 13.0. The summed E-state index contributed by atoms with van der Waals surface area (Å²) in [5.74, 6) is 0. The summed E-state index contributed by atoms with van der Waals surface area (Å²) in [6.07, 6.45) is -0.309. The van der Waals surface area contributed by atoms with Crippen LogP contribution >= 0.6 is 0 Å². The zero-order valence-electron chi connectivity index (χ0n) is 8.09. The molecule has 0 spiro atoms. The van der Waals surface area contributed by atoms with Crippen molar-refractivity contribution in [3.63, 3.8) is 0 Å². The predicted octanol–water partition coefficient (Wildman–Crippen LogP) is 0.877. The van der Waals surface area contributed by atoms with Gasteiger partial charge in [0, 0.05) is 0 Å². The maximum atomic E-state index is 11.4. The maximum absolute atomic E-state index is 11.4. The van der Waals surface area contributed by atoms with Gasteiger partial charge < -0.3 is 0 Å². The van der Waals surface area contributed by atoms with Crippen LogP contribution in [0.3, 0.4) is 0 Å². The zero-order valence-corrected chi connectivity index (χ0v) is 11.5. The summed E-state index contributed by atoms with van der Waals surface area (Å²) < 4.78 is 5.12. The molecular formula is C10H11NO2Se2. The second kappa shape index (κ2) is 6.91. The Morgan fingerprint density at radius 1 is 1.20 bits per heavy atom. The van der Waals surface area contributed by atoms with Crippen molar-refractivity contribution in [2.24, 2.45) is 0 Å². The second-order valence-electron chi connectivity index (χ2n) is 2.84. The van der Waals surface area contributed by atoms with Gasteiger partial charge in [0.25, 0.3) is 0 Å². The van der Waals surface area contributed by atoms with E-state index in [1.54, 1.807) is 4.90 Å². The van der Waals surface area contributed by atoms with E-state index in [9.17, 15) is 4.79 Å². The molecule has 5 heteroatoms. The number of benzene rings is 1. The first kappa shape index (κ1) is 12.6. The van der Waals surface area contributed by atoms with E-state index >= 15 is 0 Å². The van der Waals surface area contributed by atoms with Crippen LogP contribution in [0, 0.1) is 0 Å².